The van der Waals surface area contributed by atoms with Crippen molar-refractivity contribution in [1.82, 2.24) is 4.90 Å². The van der Waals surface area contributed by atoms with Gasteiger partial charge in [0.1, 0.15) is 5.82 Å². The van der Waals surface area contributed by atoms with E-state index in [-0.39, 0.29) is 11.4 Å². The lowest BCUT2D eigenvalue weighted by Gasteiger charge is -2.21. The summed E-state index contributed by atoms with van der Waals surface area (Å²) >= 11 is 0. The second kappa shape index (κ2) is 8.50. The fourth-order valence-electron chi connectivity index (χ4n) is 1.88. The second-order valence-corrected chi connectivity index (χ2v) is 4.33. The van der Waals surface area contributed by atoms with Crippen LogP contribution >= 0.6 is 0 Å². The van der Waals surface area contributed by atoms with Gasteiger partial charge in [0, 0.05) is 25.3 Å². The molecule has 112 valence electrons. The largest absolute Gasteiger partial charge is 0.409 e. The van der Waals surface area contributed by atoms with Crippen LogP contribution in [0.5, 0.6) is 0 Å². The maximum Gasteiger partial charge on any atom is 0.173 e. The van der Waals surface area contributed by atoms with Gasteiger partial charge in [0.2, 0.25) is 0 Å². The molecule has 0 saturated carbocycles. The van der Waals surface area contributed by atoms with Crippen molar-refractivity contribution in [3.63, 3.8) is 0 Å². The lowest BCUT2D eigenvalue weighted by atomic mass is 10.1. The lowest BCUT2D eigenvalue weighted by molar-refractivity contribution is 0.112. The van der Waals surface area contributed by atoms with E-state index >= 15 is 0 Å². The molecule has 0 aliphatic rings. The fraction of sp³-hybridized carbons (Fsp3) is 0.500. The summed E-state index contributed by atoms with van der Waals surface area (Å²) < 4.78 is 19.6. The zero-order valence-corrected chi connectivity index (χ0v) is 12.0. The third-order valence-electron chi connectivity index (χ3n) is 3.06. The predicted octanol–water partition coefficient (Wildman–Crippen LogP) is 1.78. The standard InChI is InChI=1S/C14H22FN3O2/c1-3-18(8-9-20-4-2)10-11-6-5-7-12(13(11)15)14(16)17-19/h5-7,19H,3-4,8-10H2,1-2H3,(H2,16,17). The van der Waals surface area contributed by atoms with Crippen LogP contribution in [0.25, 0.3) is 0 Å². The summed E-state index contributed by atoms with van der Waals surface area (Å²) in [7, 11) is 0. The first-order valence-corrected chi connectivity index (χ1v) is 6.69. The molecule has 0 radical (unpaired) electrons. The molecule has 1 aromatic carbocycles. The highest BCUT2D eigenvalue weighted by molar-refractivity contribution is 5.97. The lowest BCUT2D eigenvalue weighted by Crippen LogP contribution is -2.28. The highest BCUT2D eigenvalue weighted by Gasteiger charge is 2.13. The molecule has 5 nitrogen and oxygen atoms in total. The number of halogens is 1. The molecule has 1 rings (SSSR count). The van der Waals surface area contributed by atoms with Gasteiger partial charge in [-0.25, -0.2) is 4.39 Å². The molecule has 0 bridgehead atoms. The zero-order chi connectivity index (χ0) is 15.0. The highest BCUT2D eigenvalue weighted by atomic mass is 19.1. The molecule has 0 aromatic heterocycles. The Morgan fingerprint density at radius 2 is 2.20 bits per heavy atom. The maximum absolute atomic E-state index is 14.3. The van der Waals surface area contributed by atoms with Gasteiger partial charge in [0.25, 0.3) is 0 Å². The Hall–Kier alpha value is -1.66. The van der Waals surface area contributed by atoms with Crippen molar-refractivity contribution in [2.45, 2.75) is 20.4 Å². The summed E-state index contributed by atoms with van der Waals surface area (Å²) in [6, 6.07) is 4.89. The van der Waals surface area contributed by atoms with Gasteiger partial charge in [0.05, 0.1) is 12.2 Å². The minimum Gasteiger partial charge on any atom is -0.409 e. The van der Waals surface area contributed by atoms with Crippen LogP contribution in [0.4, 0.5) is 4.39 Å². The quantitative estimate of drug-likeness (QED) is 0.251. The summed E-state index contributed by atoms with van der Waals surface area (Å²) in [6.07, 6.45) is 0. The van der Waals surface area contributed by atoms with Crippen molar-refractivity contribution in [3.05, 3.63) is 35.1 Å². The summed E-state index contributed by atoms with van der Waals surface area (Å²) in [5, 5.41) is 11.5. The number of hydrogen-bond acceptors (Lipinski definition) is 4. The molecular weight excluding hydrogens is 261 g/mol. The molecule has 0 fully saturated rings. The van der Waals surface area contributed by atoms with E-state index in [0.29, 0.717) is 25.3 Å². The van der Waals surface area contributed by atoms with E-state index in [1.807, 2.05) is 13.8 Å². The van der Waals surface area contributed by atoms with E-state index in [1.54, 1.807) is 12.1 Å². The van der Waals surface area contributed by atoms with Crippen LogP contribution in [0.3, 0.4) is 0 Å². The molecule has 0 aliphatic carbocycles. The Morgan fingerprint density at radius 3 is 2.80 bits per heavy atom. The van der Waals surface area contributed by atoms with Crippen LogP contribution in [0.1, 0.15) is 25.0 Å². The SMILES string of the molecule is CCOCCN(CC)Cc1cccc(/C(N)=N/O)c1F. The predicted molar refractivity (Wildman–Crippen MR) is 76.4 cm³/mol. The van der Waals surface area contributed by atoms with Gasteiger partial charge in [-0.1, -0.05) is 24.2 Å². The van der Waals surface area contributed by atoms with Gasteiger partial charge in [-0.3, -0.25) is 4.90 Å². The van der Waals surface area contributed by atoms with Crippen molar-refractivity contribution in [2.24, 2.45) is 10.9 Å². The van der Waals surface area contributed by atoms with Crippen LogP contribution in [-0.4, -0.2) is 42.2 Å². The van der Waals surface area contributed by atoms with Crippen molar-refractivity contribution < 1.29 is 14.3 Å². The zero-order valence-electron chi connectivity index (χ0n) is 12.0. The first kappa shape index (κ1) is 16.4. The van der Waals surface area contributed by atoms with Crippen LogP contribution in [0.2, 0.25) is 0 Å². The van der Waals surface area contributed by atoms with Crippen LogP contribution in [-0.2, 0) is 11.3 Å². The molecule has 0 amide bonds. The number of hydrogen-bond donors (Lipinski definition) is 2. The molecule has 0 saturated heterocycles. The maximum atomic E-state index is 14.3. The first-order chi connectivity index (χ1) is 9.63. The van der Waals surface area contributed by atoms with Gasteiger partial charge < -0.3 is 15.7 Å². The average Bonchev–Trinajstić information content (AvgIpc) is 2.47. The summed E-state index contributed by atoms with van der Waals surface area (Å²) in [5.41, 5.74) is 6.09. The molecule has 6 heteroatoms. The molecular formula is C14H22FN3O2. The third kappa shape index (κ3) is 4.47. The van der Waals surface area contributed by atoms with Gasteiger partial charge in [0.15, 0.2) is 5.84 Å². The van der Waals surface area contributed by atoms with E-state index in [4.69, 9.17) is 15.7 Å². The molecule has 0 spiro atoms. The first-order valence-electron chi connectivity index (χ1n) is 6.69. The van der Waals surface area contributed by atoms with Crippen LogP contribution in [0.15, 0.2) is 23.4 Å². The summed E-state index contributed by atoms with van der Waals surface area (Å²) in [6.45, 7) is 7.23. The fourth-order valence-corrected chi connectivity index (χ4v) is 1.88. The van der Waals surface area contributed by atoms with Gasteiger partial charge >= 0.3 is 0 Å². The topological polar surface area (TPSA) is 71.1 Å². The van der Waals surface area contributed by atoms with Crippen LogP contribution < -0.4 is 5.73 Å². The number of likely N-dealkylation sites (N-methyl/N-ethyl adjacent to an activating group) is 1. The number of rotatable bonds is 8. The van der Waals surface area contributed by atoms with Gasteiger partial charge in [-0.2, -0.15) is 0 Å². The van der Waals surface area contributed by atoms with Gasteiger partial charge in [-0.05, 0) is 19.5 Å². The summed E-state index contributed by atoms with van der Waals surface area (Å²) in [4.78, 5) is 2.07. The highest BCUT2D eigenvalue weighted by Crippen LogP contribution is 2.15. The Bertz CT molecular complexity index is 452. The second-order valence-electron chi connectivity index (χ2n) is 4.33. The number of nitrogens with two attached hydrogens (primary N) is 1. The minimum absolute atomic E-state index is 0.117. The molecule has 0 aliphatic heterocycles. The van der Waals surface area contributed by atoms with Crippen molar-refractivity contribution >= 4 is 5.84 Å². The Labute approximate surface area is 118 Å². The molecule has 0 unspecified atom stereocenters. The number of amidine groups is 1. The minimum atomic E-state index is -0.447. The summed E-state index contributed by atoms with van der Waals surface area (Å²) in [5.74, 6) is -0.667. The number of nitrogens with zero attached hydrogens (tertiary/aromatic N) is 2. The smallest absolute Gasteiger partial charge is 0.173 e. The van der Waals surface area contributed by atoms with Crippen molar-refractivity contribution in [1.29, 1.82) is 0 Å². The number of oxime groups is 1. The van der Waals surface area contributed by atoms with E-state index in [2.05, 4.69) is 10.1 Å². The van der Waals surface area contributed by atoms with E-state index in [9.17, 15) is 4.39 Å². The number of benzene rings is 1. The van der Waals surface area contributed by atoms with Crippen molar-refractivity contribution in [2.75, 3.05) is 26.3 Å². The van der Waals surface area contributed by atoms with Crippen LogP contribution in [0, 0.1) is 5.82 Å². The molecule has 0 atom stereocenters. The van der Waals surface area contributed by atoms with Crippen molar-refractivity contribution in [3.8, 4) is 0 Å². The number of ether oxygens (including phenoxy) is 1. The molecule has 3 N–H and O–H groups in total. The molecule has 0 heterocycles. The normalized spacial score (nSPS) is 12.1. The van der Waals surface area contributed by atoms with E-state index in [0.717, 1.165) is 13.1 Å². The monoisotopic (exact) mass is 283 g/mol. The Kier molecular flexibility index (Phi) is 6.97. The Balaban J connectivity index is 2.80. The molecule has 1 aromatic rings. The van der Waals surface area contributed by atoms with E-state index in [1.165, 1.54) is 6.07 Å². The third-order valence-corrected chi connectivity index (χ3v) is 3.06. The van der Waals surface area contributed by atoms with E-state index < -0.39 is 5.82 Å². The average molecular weight is 283 g/mol. The Morgan fingerprint density at radius 1 is 1.45 bits per heavy atom. The molecule has 20 heavy (non-hydrogen) atoms. The van der Waals surface area contributed by atoms with Gasteiger partial charge in [-0.15, -0.1) is 0 Å².